The molecule has 1 aromatic heterocycles. The summed E-state index contributed by atoms with van der Waals surface area (Å²) in [6.07, 6.45) is 1.50. The fourth-order valence-electron chi connectivity index (χ4n) is 5.34. The van der Waals surface area contributed by atoms with Gasteiger partial charge in [-0.1, -0.05) is 78.9 Å². The van der Waals surface area contributed by atoms with E-state index in [1.54, 1.807) is 11.8 Å². The third kappa shape index (κ3) is 7.76. The Balaban J connectivity index is 1.13. The second-order valence-electron chi connectivity index (χ2n) is 10.9. The smallest absolute Gasteiger partial charge is 0.271 e. The van der Waals surface area contributed by atoms with E-state index in [1.807, 2.05) is 78.9 Å². The van der Waals surface area contributed by atoms with Gasteiger partial charge in [-0.3, -0.25) is 9.78 Å². The van der Waals surface area contributed by atoms with Crippen LogP contribution in [0, 0.1) is 0 Å². The van der Waals surface area contributed by atoms with Crippen molar-refractivity contribution < 1.29 is 24.5 Å². The van der Waals surface area contributed by atoms with Gasteiger partial charge in [-0.05, 0) is 46.0 Å². The largest absolute Gasteiger partial charge is 0.396 e. The van der Waals surface area contributed by atoms with Crippen LogP contribution in [0.1, 0.15) is 51.6 Å². The maximum atomic E-state index is 12.8. The van der Waals surface area contributed by atoms with Gasteiger partial charge in [0.2, 0.25) is 0 Å². The molecule has 5 aromatic rings. The molecule has 9 heteroatoms. The van der Waals surface area contributed by atoms with E-state index in [2.05, 4.69) is 33.5 Å². The molecular weight excluding hydrogens is 586 g/mol. The van der Waals surface area contributed by atoms with E-state index in [1.165, 1.54) is 6.20 Å². The monoisotopic (exact) mass is 621 g/mol. The Morgan fingerprint density at radius 3 is 2.40 bits per heavy atom. The number of thioether (sulfide) groups is 1. The van der Waals surface area contributed by atoms with Gasteiger partial charge in [-0.15, -0.1) is 0 Å². The number of para-hydroxylation sites is 2. The van der Waals surface area contributed by atoms with Gasteiger partial charge >= 0.3 is 0 Å². The van der Waals surface area contributed by atoms with Crippen molar-refractivity contribution in [3.8, 4) is 11.1 Å². The molecule has 45 heavy (non-hydrogen) atoms. The number of aliphatic hydroxyl groups excluding tert-OH is 2. The molecule has 1 aliphatic heterocycles. The van der Waals surface area contributed by atoms with Crippen molar-refractivity contribution in [2.45, 2.75) is 38.1 Å². The summed E-state index contributed by atoms with van der Waals surface area (Å²) >= 11 is 1.67. The summed E-state index contributed by atoms with van der Waals surface area (Å²) in [5, 5.41) is 21.6. The predicted molar refractivity (Wildman–Crippen MR) is 175 cm³/mol. The van der Waals surface area contributed by atoms with Crippen LogP contribution in [0.2, 0.25) is 0 Å². The average molecular weight is 622 g/mol. The molecule has 0 saturated carbocycles. The topological polar surface area (TPSA) is 114 Å². The minimum absolute atomic E-state index is 0.00235. The van der Waals surface area contributed by atoms with E-state index in [0.29, 0.717) is 24.2 Å². The molecule has 0 spiro atoms. The Hall–Kier alpha value is -4.12. The summed E-state index contributed by atoms with van der Waals surface area (Å²) in [5.74, 6) is 1.16. The number of hydrogen-bond acceptors (Lipinski definition) is 8. The van der Waals surface area contributed by atoms with E-state index in [-0.39, 0.29) is 37.0 Å². The molecule has 8 nitrogen and oxygen atoms in total. The van der Waals surface area contributed by atoms with Gasteiger partial charge in [0.15, 0.2) is 6.29 Å². The minimum atomic E-state index is -0.533. The highest BCUT2D eigenvalue weighted by Gasteiger charge is 2.32. The zero-order valence-electron chi connectivity index (χ0n) is 24.7. The lowest BCUT2D eigenvalue weighted by Gasteiger charge is -2.36. The molecule has 1 aliphatic rings. The second-order valence-corrected chi connectivity index (χ2v) is 12.0. The summed E-state index contributed by atoms with van der Waals surface area (Å²) in [7, 11) is 0. The molecule has 1 amide bonds. The molecule has 0 radical (unpaired) electrons. The number of carbonyl (C=O) groups is 1. The summed E-state index contributed by atoms with van der Waals surface area (Å²) in [6, 6.07) is 31.6. The third-order valence-electron chi connectivity index (χ3n) is 7.73. The first-order valence-corrected chi connectivity index (χ1v) is 16.1. The van der Waals surface area contributed by atoms with Gasteiger partial charge in [0.25, 0.3) is 5.91 Å². The molecule has 2 heterocycles. The second kappa shape index (κ2) is 14.8. The molecule has 3 atom stereocenters. The lowest BCUT2D eigenvalue weighted by molar-refractivity contribution is -0.245. The number of carbonyl (C=O) groups excluding carboxylic acids is 1. The Bertz CT molecular complexity index is 1730. The Kier molecular flexibility index (Phi) is 10.1. The summed E-state index contributed by atoms with van der Waals surface area (Å²) < 4.78 is 12.8. The zero-order chi connectivity index (χ0) is 31.0. The lowest BCUT2D eigenvalue weighted by Crippen LogP contribution is -2.31. The van der Waals surface area contributed by atoms with Crippen LogP contribution in [-0.4, -0.2) is 50.3 Å². The molecule has 230 valence electrons. The third-order valence-corrected chi connectivity index (χ3v) is 8.81. The van der Waals surface area contributed by atoms with Crippen molar-refractivity contribution in [1.82, 2.24) is 15.3 Å². The predicted octanol–water partition coefficient (Wildman–Crippen LogP) is 5.99. The molecule has 1 saturated heterocycles. The van der Waals surface area contributed by atoms with Gasteiger partial charge in [-0.2, -0.15) is 11.8 Å². The molecule has 0 bridgehead atoms. The summed E-state index contributed by atoms with van der Waals surface area (Å²) in [4.78, 5) is 21.6. The maximum Gasteiger partial charge on any atom is 0.271 e. The molecule has 3 unspecified atom stereocenters. The lowest BCUT2D eigenvalue weighted by atomic mass is 9.99. The minimum Gasteiger partial charge on any atom is -0.396 e. The number of nitrogens with zero attached hydrogens (tertiary/aromatic N) is 2. The van der Waals surface area contributed by atoms with Crippen molar-refractivity contribution in [2.75, 3.05) is 18.1 Å². The van der Waals surface area contributed by atoms with Crippen LogP contribution < -0.4 is 5.32 Å². The Labute approximate surface area is 266 Å². The van der Waals surface area contributed by atoms with Crippen LogP contribution in [0.25, 0.3) is 22.2 Å². The first-order valence-electron chi connectivity index (χ1n) is 15.0. The van der Waals surface area contributed by atoms with Crippen LogP contribution in [0.4, 0.5) is 0 Å². The van der Waals surface area contributed by atoms with Gasteiger partial charge in [0, 0.05) is 30.0 Å². The van der Waals surface area contributed by atoms with Crippen LogP contribution in [0.15, 0.2) is 103 Å². The SMILES string of the molecule is O=C(NCc1cccc(-c2ccc(C3OC(CSCCO)CC(c4ccc(CO)cc4)O3)cc2)c1)c1cnc2ccccc2n1. The van der Waals surface area contributed by atoms with Gasteiger partial charge in [-0.25, -0.2) is 4.98 Å². The average Bonchev–Trinajstić information content (AvgIpc) is 3.10. The highest BCUT2D eigenvalue weighted by Crippen LogP contribution is 2.39. The maximum absolute atomic E-state index is 12.8. The van der Waals surface area contributed by atoms with Crippen molar-refractivity contribution in [1.29, 1.82) is 0 Å². The van der Waals surface area contributed by atoms with E-state index in [9.17, 15) is 15.0 Å². The highest BCUT2D eigenvalue weighted by atomic mass is 32.2. The number of aliphatic hydroxyl groups is 2. The quantitative estimate of drug-likeness (QED) is 0.154. The summed E-state index contributed by atoms with van der Waals surface area (Å²) in [5.41, 5.74) is 7.58. The van der Waals surface area contributed by atoms with Gasteiger partial charge in [0.1, 0.15) is 5.69 Å². The number of hydrogen-bond donors (Lipinski definition) is 3. The van der Waals surface area contributed by atoms with Crippen LogP contribution in [0.3, 0.4) is 0 Å². The molecule has 4 aromatic carbocycles. The van der Waals surface area contributed by atoms with E-state index in [0.717, 1.165) is 44.7 Å². The number of benzene rings is 4. The fraction of sp³-hybridized carbons (Fsp3) is 0.250. The van der Waals surface area contributed by atoms with Crippen LogP contribution >= 0.6 is 11.8 Å². The van der Waals surface area contributed by atoms with Crippen molar-refractivity contribution in [2.24, 2.45) is 0 Å². The van der Waals surface area contributed by atoms with Crippen molar-refractivity contribution in [3.05, 3.63) is 131 Å². The molecule has 1 fully saturated rings. The normalized spacial score (nSPS) is 18.1. The first kappa shape index (κ1) is 30.9. The fourth-order valence-corrected chi connectivity index (χ4v) is 6.11. The molecule has 3 N–H and O–H groups in total. The number of fused-ring (bicyclic) bond motifs is 1. The summed E-state index contributed by atoms with van der Waals surface area (Å²) in [6.45, 7) is 0.499. The molecular formula is C36H35N3O5S. The van der Waals surface area contributed by atoms with E-state index in [4.69, 9.17) is 9.47 Å². The van der Waals surface area contributed by atoms with E-state index >= 15 is 0 Å². The van der Waals surface area contributed by atoms with Crippen molar-refractivity contribution >= 4 is 28.7 Å². The van der Waals surface area contributed by atoms with E-state index < -0.39 is 6.29 Å². The number of amides is 1. The van der Waals surface area contributed by atoms with Crippen LogP contribution in [-0.2, 0) is 22.6 Å². The van der Waals surface area contributed by atoms with Gasteiger partial charge < -0.3 is 25.0 Å². The number of nitrogens with one attached hydrogen (secondary N) is 1. The highest BCUT2D eigenvalue weighted by molar-refractivity contribution is 7.99. The standard InChI is InChI=1S/C36H35N3O5S/c40-16-17-45-23-30-19-34(27-10-8-24(22-41)9-11-27)44-36(43-30)28-14-12-26(13-15-28)29-5-3-4-25(18-29)20-38-35(42)33-21-37-31-6-1-2-7-32(31)39-33/h1-15,18,21,30,34,36,40-41H,16-17,19-20,22-23H2,(H,38,42). The molecule has 0 aliphatic carbocycles. The number of aromatic nitrogens is 2. The number of rotatable bonds is 11. The Morgan fingerprint density at radius 1 is 0.844 bits per heavy atom. The number of ether oxygens (including phenoxy) is 2. The molecule has 6 rings (SSSR count). The Morgan fingerprint density at radius 2 is 1.62 bits per heavy atom. The van der Waals surface area contributed by atoms with Crippen LogP contribution in [0.5, 0.6) is 0 Å². The van der Waals surface area contributed by atoms with Crippen molar-refractivity contribution in [3.63, 3.8) is 0 Å². The zero-order valence-corrected chi connectivity index (χ0v) is 25.5. The van der Waals surface area contributed by atoms with Gasteiger partial charge in [0.05, 0.1) is 42.7 Å². The first-order chi connectivity index (χ1) is 22.1.